The third-order valence-corrected chi connectivity index (χ3v) is 2.32. The lowest BCUT2D eigenvalue weighted by atomic mass is 10.2. The zero-order valence-corrected chi connectivity index (χ0v) is 9.22. The highest BCUT2D eigenvalue weighted by Gasteiger charge is 2.18. The summed E-state index contributed by atoms with van der Waals surface area (Å²) < 4.78 is 13.1. The number of amides is 1. The third-order valence-electron chi connectivity index (χ3n) is 2.32. The first-order chi connectivity index (χ1) is 8.22. The van der Waals surface area contributed by atoms with E-state index in [9.17, 15) is 9.18 Å². The highest BCUT2D eigenvalue weighted by Crippen LogP contribution is 2.17. The van der Waals surface area contributed by atoms with Crippen molar-refractivity contribution in [3.05, 3.63) is 42.0 Å². The number of carbonyl (C=O) groups excluding carboxylic acids is 1. The number of aromatic amines is 1. The average molecular weight is 234 g/mol. The summed E-state index contributed by atoms with van der Waals surface area (Å²) in [5, 5.41) is 9.66. The number of hydrogen-bond donors (Lipinski definition) is 1. The fourth-order valence-electron chi connectivity index (χ4n) is 1.53. The Labute approximate surface area is 97.3 Å². The average Bonchev–Trinajstić information content (AvgIpc) is 2.83. The van der Waals surface area contributed by atoms with Crippen LogP contribution in [-0.4, -0.2) is 27.9 Å². The Kier molecular flexibility index (Phi) is 3.13. The predicted molar refractivity (Wildman–Crippen MR) is 60.1 cm³/mol. The molecule has 0 aliphatic carbocycles. The lowest BCUT2D eigenvalue weighted by Crippen LogP contribution is -2.31. The van der Waals surface area contributed by atoms with Crippen LogP contribution in [-0.2, 0) is 0 Å². The van der Waals surface area contributed by atoms with E-state index in [1.54, 1.807) is 12.1 Å². The van der Waals surface area contributed by atoms with E-state index in [0.717, 1.165) is 0 Å². The normalized spacial score (nSPS) is 10.2. The minimum Gasteiger partial charge on any atom is -0.307 e. The minimum absolute atomic E-state index is 0.205. The van der Waals surface area contributed by atoms with Crippen LogP contribution >= 0.6 is 0 Å². The molecule has 0 aliphatic rings. The van der Waals surface area contributed by atoms with Crippen molar-refractivity contribution < 1.29 is 9.18 Å². The van der Waals surface area contributed by atoms with E-state index in [1.165, 1.54) is 23.2 Å². The fraction of sp³-hybridized carbons (Fsp3) is 0.182. The van der Waals surface area contributed by atoms with E-state index in [2.05, 4.69) is 15.4 Å². The molecule has 0 radical (unpaired) electrons. The quantitative estimate of drug-likeness (QED) is 0.877. The maximum absolute atomic E-state index is 13.1. The zero-order chi connectivity index (χ0) is 12.3. The molecule has 1 aromatic carbocycles. The van der Waals surface area contributed by atoms with Crippen LogP contribution in [0.3, 0.4) is 0 Å². The van der Waals surface area contributed by atoms with E-state index in [-0.39, 0.29) is 17.4 Å². The van der Waals surface area contributed by atoms with Gasteiger partial charge in [-0.15, -0.1) is 0 Å². The molecule has 1 amide bonds. The van der Waals surface area contributed by atoms with Gasteiger partial charge >= 0.3 is 0 Å². The van der Waals surface area contributed by atoms with Crippen LogP contribution in [0.15, 0.2) is 30.5 Å². The van der Waals surface area contributed by atoms with E-state index >= 15 is 0 Å². The fourth-order valence-corrected chi connectivity index (χ4v) is 1.53. The van der Waals surface area contributed by atoms with Crippen molar-refractivity contribution in [1.29, 1.82) is 0 Å². The molecule has 0 bridgehead atoms. The zero-order valence-electron chi connectivity index (χ0n) is 9.22. The second-order valence-electron chi connectivity index (χ2n) is 3.38. The first kappa shape index (κ1) is 11.3. The molecule has 1 aromatic heterocycles. The Morgan fingerprint density at radius 2 is 2.35 bits per heavy atom. The van der Waals surface area contributed by atoms with E-state index in [1.807, 2.05) is 6.92 Å². The van der Waals surface area contributed by atoms with Gasteiger partial charge in [0, 0.05) is 12.2 Å². The summed E-state index contributed by atoms with van der Waals surface area (Å²) in [5.41, 5.74) is 0.705. The second kappa shape index (κ2) is 4.73. The molecule has 0 atom stereocenters. The van der Waals surface area contributed by atoms with Gasteiger partial charge in [0.1, 0.15) is 5.82 Å². The number of aromatic nitrogens is 3. The smallest absolute Gasteiger partial charge is 0.280 e. The Bertz CT molecular complexity index is 512. The van der Waals surface area contributed by atoms with Gasteiger partial charge in [0.05, 0.1) is 6.20 Å². The summed E-state index contributed by atoms with van der Waals surface area (Å²) in [6, 6.07) is 5.87. The number of benzene rings is 1. The molecule has 2 rings (SSSR count). The largest absolute Gasteiger partial charge is 0.307 e. The standard InChI is InChI=1S/C11H11FN4O/c1-2-16(9-5-3-4-8(12)6-9)11(17)10-7-13-15-14-10/h3-7H,2H2,1H3,(H,13,14,15). The Morgan fingerprint density at radius 3 is 2.94 bits per heavy atom. The van der Waals surface area contributed by atoms with Crippen molar-refractivity contribution in [3.63, 3.8) is 0 Å². The number of anilines is 1. The summed E-state index contributed by atoms with van der Waals surface area (Å²) in [6.45, 7) is 2.23. The lowest BCUT2D eigenvalue weighted by Gasteiger charge is -2.19. The molecular formula is C11H11FN4O. The van der Waals surface area contributed by atoms with E-state index in [0.29, 0.717) is 12.2 Å². The molecule has 0 unspecified atom stereocenters. The van der Waals surface area contributed by atoms with E-state index in [4.69, 9.17) is 0 Å². The number of carbonyl (C=O) groups is 1. The molecule has 1 heterocycles. The Balaban J connectivity index is 2.31. The number of H-pyrrole nitrogens is 1. The third kappa shape index (κ3) is 2.30. The first-order valence-corrected chi connectivity index (χ1v) is 5.15. The molecule has 0 saturated carbocycles. The first-order valence-electron chi connectivity index (χ1n) is 5.15. The van der Waals surface area contributed by atoms with Gasteiger partial charge in [-0.3, -0.25) is 4.79 Å². The van der Waals surface area contributed by atoms with Gasteiger partial charge in [0.15, 0.2) is 5.69 Å². The van der Waals surface area contributed by atoms with Crippen molar-refractivity contribution in [3.8, 4) is 0 Å². The van der Waals surface area contributed by atoms with Crippen LogP contribution in [0.4, 0.5) is 10.1 Å². The van der Waals surface area contributed by atoms with Gasteiger partial charge in [0.25, 0.3) is 5.91 Å². The second-order valence-corrected chi connectivity index (χ2v) is 3.38. The number of nitrogens with one attached hydrogen (secondary N) is 1. The van der Waals surface area contributed by atoms with Crippen molar-refractivity contribution in [2.75, 3.05) is 11.4 Å². The van der Waals surface area contributed by atoms with Crippen LogP contribution in [0.5, 0.6) is 0 Å². The summed E-state index contributed by atoms with van der Waals surface area (Å²) in [4.78, 5) is 13.5. The molecule has 0 spiro atoms. The van der Waals surface area contributed by atoms with Crippen LogP contribution in [0, 0.1) is 5.82 Å². The molecule has 17 heavy (non-hydrogen) atoms. The van der Waals surface area contributed by atoms with Crippen molar-refractivity contribution >= 4 is 11.6 Å². The SMILES string of the molecule is CCN(C(=O)c1cn[nH]n1)c1cccc(F)c1. The molecule has 1 N–H and O–H groups in total. The molecule has 5 nitrogen and oxygen atoms in total. The van der Waals surface area contributed by atoms with Gasteiger partial charge in [-0.1, -0.05) is 6.07 Å². The van der Waals surface area contributed by atoms with Gasteiger partial charge < -0.3 is 4.90 Å². The summed E-state index contributed by atoms with van der Waals surface area (Å²) >= 11 is 0. The summed E-state index contributed by atoms with van der Waals surface area (Å²) in [6.07, 6.45) is 1.34. The van der Waals surface area contributed by atoms with Crippen molar-refractivity contribution in [2.45, 2.75) is 6.92 Å². The molecule has 2 aromatic rings. The van der Waals surface area contributed by atoms with Crippen molar-refractivity contribution in [2.24, 2.45) is 0 Å². The van der Waals surface area contributed by atoms with Gasteiger partial charge in [-0.2, -0.15) is 15.4 Å². The molecule has 0 fully saturated rings. The maximum atomic E-state index is 13.1. The number of nitrogens with zero attached hydrogens (tertiary/aromatic N) is 3. The monoisotopic (exact) mass is 234 g/mol. The van der Waals surface area contributed by atoms with Crippen LogP contribution in [0.1, 0.15) is 17.4 Å². The van der Waals surface area contributed by atoms with Crippen LogP contribution in [0.2, 0.25) is 0 Å². The lowest BCUT2D eigenvalue weighted by molar-refractivity contribution is 0.0983. The highest BCUT2D eigenvalue weighted by molar-refractivity contribution is 6.04. The van der Waals surface area contributed by atoms with Crippen LogP contribution in [0.25, 0.3) is 0 Å². The number of hydrogen-bond acceptors (Lipinski definition) is 3. The molecular weight excluding hydrogens is 223 g/mol. The predicted octanol–water partition coefficient (Wildman–Crippen LogP) is 1.61. The summed E-state index contributed by atoms with van der Waals surface area (Å²) in [5.74, 6) is -0.694. The molecule has 0 aliphatic heterocycles. The topological polar surface area (TPSA) is 61.9 Å². The molecule has 0 saturated heterocycles. The van der Waals surface area contributed by atoms with Crippen LogP contribution < -0.4 is 4.90 Å². The number of halogens is 1. The Morgan fingerprint density at radius 1 is 1.53 bits per heavy atom. The maximum Gasteiger partial charge on any atom is 0.280 e. The molecule has 6 heteroatoms. The van der Waals surface area contributed by atoms with E-state index < -0.39 is 0 Å². The molecule has 88 valence electrons. The minimum atomic E-state index is -0.381. The van der Waals surface area contributed by atoms with Gasteiger partial charge in [-0.05, 0) is 25.1 Å². The van der Waals surface area contributed by atoms with Crippen molar-refractivity contribution in [1.82, 2.24) is 15.4 Å². The Hall–Kier alpha value is -2.24. The number of rotatable bonds is 3. The van der Waals surface area contributed by atoms with Gasteiger partial charge in [-0.25, -0.2) is 4.39 Å². The highest BCUT2D eigenvalue weighted by atomic mass is 19.1. The summed E-state index contributed by atoms with van der Waals surface area (Å²) in [7, 11) is 0. The van der Waals surface area contributed by atoms with Gasteiger partial charge in [0.2, 0.25) is 0 Å².